The number of carboxylic acid groups (broad SMARTS) is 1. The van der Waals surface area contributed by atoms with Gasteiger partial charge < -0.3 is 5.11 Å². The van der Waals surface area contributed by atoms with E-state index in [4.69, 9.17) is 5.11 Å². The average molecular weight is 257 g/mol. The number of carboxylic acids is 1. The predicted octanol–water partition coefficient (Wildman–Crippen LogP) is 3.63. The second kappa shape index (κ2) is 9.37. The molecule has 0 saturated heterocycles. The number of rotatable bonds is 10. The molecule has 0 rings (SSSR count). The highest BCUT2D eigenvalue weighted by atomic mass is 16.4. The van der Waals surface area contributed by atoms with Gasteiger partial charge >= 0.3 is 5.97 Å². The second-order valence-electron chi connectivity index (χ2n) is 6.22. The Balaban J connectivity index is 4.12. The summed E-state index contributed by atoms with van der Waals surface area (Å²) in [6, 6.07) is 0.374. The van der Waals surface area contributed by atoms with E-state index < -0.39 is 5.97 Å². The van der Waals surface area contributed by atoms with Gasteiger partial charge in [-0.1, -0.05) is 40.5 Å². The minimum atomic E-state index is -0.713. The van der Waals surface area contributed by atoms with E-state index in [1.165, 1.54) is 12.8 Å². The highest BCUT2D eigenvalue weighted by Gasteiger charge is 2.16. The largest absolute Gasteiger partial charge is 0.480 e. The SMILES string of the molecule is CC(C)CCCC(C)N(CCC(C)C)CC(=O)O. The first-order valence-electron chi connectivity index (χ1n) is 7.28. The van der Waals surface area contributed by atoms with Crippen molar-refractivity contribution in [2.45, 2.75) is 66.3 Å². The maximum atomic E-state index is 10.9. The Morgan fingerprint density at radius 3 is 2.00 bits per heavy atom. The molecule has 1 atom stereocenters. The van der Waals surface area contributed by atoms with Crippen molar-refractivity contribution in [1.82, 2.24) is 4.90 Å². The van der Waals surface area contributed by atoms with Gasteiger partial charge in [0.25, 0.3) is 0 Å². The van der Waals surface area contributed by atoms with Crippen LogP contribution in [0, 0.1) is 11.8 Å². The third kappa shape index (κ3) is 9.46. The minimum absolute atomic E-state index is 0.176. The topological polar surface area (TPSA) is 40.5 Å². The van der Waals surface area contributed by atoms with Gasteiger partial charge in [-0.05, 0) is 38.1 Å². The zero-order valence-electron chi connectivity index (χ0n) is 12.8. The molecule has 0 bridgehead atoms. The van der Waals surface area contributed by atoms with Crippen LogP contribution in [0.2, 0.25) is 0 Å². The van der Waals surface area contributed by atoms with Crippen LogP contribution >= 0.6 is 0 Å². The van der Waals surface area contributed by atoms with Crippen molar-refractivity contribution in [2.24, 2.45) is 11.8 Å². The lowest BCUT2D eigenvalue weighted by atomic mass is 10.0. The summed E-state index contributed by atoms with van der Waals surface area (Å²) in [4.78, 5) is 13.0. The molecule has 1 N–H and O–H groups in total. The second-order valence-corrected chi connectivity index (χ2v) is 6.22. The molecule has 0 heterocycles. The van der Waals surface area contributed by atoms with Gasteiger partial charge in [0.05, 0.1) is 6.54 Å². The third-order valence-corrected chi connectivity index (χ3v) is 3.36. The summed E-state index contributed by atoms with van der Waals surface area (Å²) in [5, 5.41) is 8.97. The molecule has 1 unspecified atom stereocenters. The lowest BCUT2D eigenvalue weighted by molar-refractivity contribution is -0.139. The Labute approximate surface area is 113 Å². The Kier molecular flexibility index (Phi) is 9.08. The zero-order chi connectivity index (χ0) is 14.1. The van der Waals surface area contributed by atoms with E-state index in [-0.39, 0.29) is 6.54 Å². The summed E-state index contributed by atoms with van der Waals surface area (Å²) in [5.41, 5.74) is 0. The van der Waals surface area contributed by atoms with Crippen molar-refractivity contribution >= 4 is 5.97 Å². The molecule has 108 valence electrons. The molecule has 0 aromatic heterocycles. The number of nitrogens with zero attached hydrogens (tertiary/aromatic N) is 1. The molecule has 0 fully saturated rings. The number of carbonyl (C=O) groups is 1. The van der Waals surface area contributed by atoms with E-state index in [0.29, 0.717) is 12.0 Å². The molecule has 0 aliphatic heterocycles. The van der Waals surface area contributed by atoms with Gasteiger partial charge in [-0.15, -0.1) is 0 Å². The van der Waals surface area contributed by atoms with Crippen molar-refractivity contribution in [3.05, 3.63) is 0 Å². The highest BCUT2D eigenvalue weighted by molar-refractivity contribution is 5.69. The zero-order valence-corrected chi connectivity index (χ0v) is 12.8. The van der Waals surface area contributed by atoms with E-state index in [9.17, 15) is 4.79 Å². The average Bonchev–Trinajstić information content (AvgIpc) is 2.22. The molecule has 0 aliphatic carbocycles. The fourth-order valence-electron chi connectivity index (χ4n) is 2.06. The van der Waals surface area contributed by atoms with Crippen molar-refractivity contribution in [1.29, 1.82) is 0 Å². The van der Waals surface area contributed by atoms with Gasteiger partial charge in [0.1, 0.15) is 0 Å². The summed E-state index contributed by atoms with van der Waals surface area (Å²) < 4.78 is 0. The van der Waals surface area contributed by atoms with Gasteiger partial charge in [0.2, 0.25) is 0 Å². The van der Waals surface area contributed by atoms with E-state index in [1.54, 1.807) is 0 Å². The summed E-state index contributed by atoms with van der Waals surface area (Å²) in [7, 11) is 0. The van der Waals surface area contributed by atoms with Crippen LogP contribution < -0.4 is 0 Å². The van der Waals surface area contributed by atoms with Crippen LogP contribution in [0.25, 0.3) is 0 Å². The van der Waals surface area contributed by atoms with Crippen LogP contribution in [0.5, 0.6) is 0 Å². The van der Waals surface area contributed by atoms with E-state index in [2.05, 4.69) is 39.5 Å². The molecule has 0 aliphatic rings. The van der Waals surface area contributed by atoms with Crippen LogP contribution in [-0.2, 0) is 4.79 Å². The van der Waals surface area contributed by atoms with E-state index in [1.807, 2.05) is 0 Å². The molecule has 0 aromatic carbocycles. The van der Waals surface area contributed by atoms with Crippen LogP contribution in [0.1, 0.15) is 60.3 Å². The minimum Gasteiger partial charge on any atom is -0.480 e. The number of aliphatic carboxylic acids is 1. The number of hydrogen-bond acceptors (Lipinski definition) is 2. The van der Waals surface area contributed by atoms with Crippen LogP contribution in [0.4, 0.5) is 0 Å². The molecule has 0 spiro atoms. The fourth-order valence-corrected chi connectivity index (χ4v) is 2.06. The first-order chi connectivity index (χ1) is 8.32. The fraction of sp³-hybridized carbons (Fsp3) is 0.933. The van der Waals surface area contributed by atoms with Gasteiger partial charge in [0, 0.05) is 6.04 Å². The molecule has 0 radical (unpaired) electrons. The molecule has 0 aromatic rings. The lowest BCUT2D eigenvalue weighted by Gasteiger charge is -2.28. The summed E-state index contributed by atoms with van der Waals surface area (Å²) in [6.45, 7) is 12.1. The van der Waals surface area contributed by atoms with Gasteiger partial charge in [0.15, 0.2) is 0 Å². The Bertz CT molecular complexity index is 227. The van der Waals surface area contributed by atoms with Crippen molar-refractivity contribution in [2.75, 3.05) is 13.1 Å². The Morgan fingerprint density at radius 2 is 1.56 bits per heavy atom. The van der Waals surface area contributed by atoms with E-state index >= 15 is 0 Å². The third-order valence-electron chi connectivity index (χ3n) is 3.36. The molecule has 3 nitrogen and oxygen atoms in total. The first kappa shape index (κ1) is 17.4. The molecule has 0 amide bonds. The first-order valence-corrected chi connectivity index (χ1v) is 7.28. The van der Waals surface area contributed by atoms with Gasteiger partial charge in [-0.2, -0.15) is 0 Å². The number of hydrogen-bond donors (Lipinski definition) is 1. The van der Waals surface area contributed by atoms with Crippen molar-refractivity contribution < 1.29 is 9.90 Å². The highest BCUT2D eigenvalue weighted by Crippen LogP contribution is 2.14. The van der Waals surface area contributed by atoms with Crippen LogP contribution in [0.3, 0.4) is 0 Å². The predicted molar refractivity (Wildman–Crippen MR) is 76.8 cm³/mol. The lowest BCUT2D eigenvalue weighted by Crippen LogP contribution is -2.38. The standard InChI is InChI=1S/C15H31NO2/c1-12(2)7-6-8-14(5)16(11-15(17)18)10-9-13(3)4/h12-14H,6-11H2,1-5H3,(H,17,18). The quantitative estimate of drug-likeness (QED) is 0.649. The van der Waals surface area contributed by atoms with Crippen molar-refractivity contribution in [3.63, 3.8) is 0 Å². The summed E-state index contributed by atoms with van der Waals surface area (Å²) in [5.74, 6) is 0.652. The monoisotopic (exact) mass is 257 g/mol. The maximum absolute atomic E-state index is 10.9. The van der Waals surface area contributed by atoms with Gasteiger partial charge in [-0.25, -0.2) is 0 Å². The summed E-state index contributed by atoms with van der Waals surface area (Å²) >= 11 is 0. The van der Waals surface area contributed by atoms with Crippen LogP contribution in [0.15, 0.2) is 0 Å². The maximum Gasteiger partial charge on any atom is 0.317 e. The van der Waals surface area contributed by atoms with Gasteiger partial charge in [-0.3, -0.25) is 9.69 Å². The Hall–Kier alpha value is -0.570. The smallest absolute Gasteiger partial charge is 0.317 e. The van der Waals surface area contributed by atoms with E-state index in [0.717, 1.165) is 25.3 Å². The molecular formula is C15H31NO2. The van der Waals surface area contributed by atoms with Crippen LogP contribution in [-0.4, -0.2) is 35.1 Å². The molecular weight excluding hydrogens is 226 g/mol. The van der Waals surface area contributed by atoms with Crippen molar-refractivity contribution in [3.8, 4) is 0 Å². The molecule has 3 heteroatoms. The normalized spacial score (nSPS) is 13.6. The summed E-state index contributed by atoms with van der Waals surface area (Å²) in [6.07, 6.45) is 4.59. The molecule has 0 saturated carbocycles. The molecule has 18 heavy (non-hydrogen) atoms. The Morgan fingerprint density at radius 1 is 1.00 bits per heavy atom.